The number of amides is 2. The number of rotatable bonds is 6. The number of hydrogen-bond donors (Lipinski definition) is 2. The number of fused-ring (bicyclic) bond motifs is 3. The van der Waals surface area contributed by atoms with Crippen LogP contribution in [0.3, 0.4) is 0 Å². The maximum absolute atomic E-state index is 14.1. The number of carbonyl (C=O) groups is 2. The van der Waals surface area contributed by atoms with Crippen molar-refractivity contribution < 1.29 is 23.5 Å². The van der Waals surface area contributed by atoms with E-state index in [1.54, 1.807) is 6.92 Å². The second-order valence-corrected chi connectivity index (χ2v) is 11.2. The first-order chi connectivity index (χ1) is 17.4. The molecule has 2 saturated carbocycles. The van der Waals surface area contributed by atoms with Crippen LogP contribution in [0.1, 0.15) is 74.0 Å². The Kier molecular flexibility index (Phi) is 6.35. The molecule has 0 spiro atoms. The predicted molar refractivity (Wildman–Crippen MR) is 133 cm³/mol. The van der Waals surface area contributed by atoms with Crippen LogP contribution in [0.15, 0.2) is 10.9 Å². The summed E-state index contributed by atoms with van der Waals surface area (Å²) in [4.78, 5) is 40.7. The van der Waals surface area contributed by atoms with Crippen LogP contribution in [0.25, 0.3) is 11.7 Å². The van der Waals surface area contributed by atoms with Gasteiger partial charge in [-0.25, -0.2) is 8.78 Å². The van der Waals surface area contributed by atoms with Crippen LogP contribution >= 0.6 is 0 Å². The van der Waals surface area contributed by atoms with Gasteiger partial charge in [0, 0.05) is 49.7 Å². The first kappa shape index (κ1) is 25.4. The van der Waals surface area contributed by atoms with Gasteiger partial charge in [0.2, 0.25) is 17.7 Å². The molecule has 3 fully saturated rings. The molecule has 3 heterocycles. The van der Waals surface area contributed by atoms with E-state index in [1.807, 2.05) is 13.8 Å². The third-order valence-corrected chi connectivity index (χ3v) is 7.54. The molecular formula is C26H33F2N5O4. The molecule has 2 N–H and O–H groups in total. The van der Waals surface area contributed by atoms with Crippen molar-refractivity contribution in [2.24, 2.45) is 11.8 Å². The summed E-state index contributed by atoms with van der Waals surface area (Å²) in [5.74, 6) is -4.10. The fourth-order valence-corrected chi connectivity index (χ4v) is 5.58. The second kappa shape index (κ2) is 9.25. The number of likely N-dealkylation sites (tertiary alicyclic amines) is 1. The Bertz CT molecular complexity index is 1340. The van der Waals surface area contributed by atoms with Gasteiger partial charge in [0.05, 0.1) is 5.69 Å². The van der Waals surface area contributed by atoms with Crippen LogP contribution in [0, 0.1) is 18.8 Å². The van der Waals surface area contributed by atoms with E-state index in [4.69, 9.17) is 0 Å². The minimum Gasteiger partial charge on any atom is -0.494 e. The van der Waals surface area contributed by atoms with E-state index in [0.717, 1.165) is 17.4 Å². The Balaban J connectivity index is 1.52. The first-order valence-corrected chi connectivity index (χ1v) is 13.0. The van der Waals surface area contributed by atoms with Crippen LogP contribution in [0.4, 0.5) is 8.78 Å². The zero-order chi connectivity index (χ0) is 26.6. The molecule has 2 aromatic heterocycles. The summed E-state index contributed by atoms with van der Waals surface area (Å²) in [6.45, 7) is 6.29. The lowest BCUT2D eigenvalue weighted by Gasteiger charge is -2.28. The standard InChI is InChI=1S/C26H33F2N5O4/c1-14(2)12-32-23-19(6-7-20(34)31-13-16-8-9-26(27,28)11-18(31)10-16)15(3)30-33(23)25(37)21(24(32)36)22(35)29-17-4-5-17/h6-7,14,16-18,36H,4-5,8-13H2,1-3H3,(H,29,35)/b7-6+. The fraction of sp³-hybridized carbons (Fsp3) is 0.615. The Morgan fingerprint density at radius 2 is 2.00 bits per heavy atom. The SMILES string of the molecule is Cc1nn2c(=O)c(C(=O)NC3CC3)c(O)n(CC(C)C)c2c1/C=C/C(=O)N1CC2CCC(F)(F)CC1C2. The van der Waals surface area contributed by atoms with Crippen LogP contribution in [0.2, 0.25) is 0 Å². The van der Waals surface area contributed by atoms with E-state index < -0.39 is 29.3 Å². The van der Waals surface area contributed by atoms with E-state index >= 15 is 0 Å². The Labute approximate surface area is 213 Å². The van der Waals surface area contributed by atoms with Gasteiger partial charge < -0.3 is 15.3 Å². The number of nitrogens with zero attached hydrogens (tertiary/aromatic N) is 4. The minimum absolute atomic E-state index is 0.00120. The van der Waals surface area contributed by atoms with E-state index in [2.05, 4.69) is 10.4 Å². The molecule has 2 amide bonds. The van der Waals surface area contributed by atoms with E-state index in [-0.39, 0.29) is 47.8 Å². The van der Waals surface area contributed by atoms with Gasteiger partial charge in [0.1, 0.15) is 5.65 Å². The summed E-state index contributed by atoms with van der Waals surface area (Å²) in [7, 11) is 0. The average Bonchev–Trinajstić information content (AvgIpc) is 3.46. The minimum atomic E-state index is -2.77. The molecule has 3 aliphatic rings. The van der Waals surface area contributed by atoms with Crippen molar-refractivity contribution in [3.05, 3.63) is 33.3 Å². The molecule has 0 radical (unpaired) electrons. The number of carbonyl (C=O) groups excluding carboxylic acids is 2. The van der Waals surface area contributed by atoms with Crippen molar-refractivity contribution in [3.63, 3.8) is 0 Å². The van der Waals surface area contributed by atoms with Crippen LogP contribution in [0.5, 0.6) is 5.88 Å². The molecule has 1 aliphatic heterocycles. The number of alkyl halides is 2. The summed E-state index contributed by atoms with van der Waals surface area (Å²) >= 11 is 0. The molecular weight excluding hydrogens is 484 g/mol. The van der Waals surface area contributed by atoms with Crippen molar-refractivity contribution in [1.29, 1.82) is 0 Å². The van der Waals surface area contributed by atoms with Crippen molar-refractivity contribution in [3.8, 4) is 5.88 Å². The molecule has 37 heavy (non-hydrogen) atoms. The summed E-state index contributed by atoms with van der Waals surface area (Å²) in [5, 5.41) is 18.2. The zero-order valence-corrected chi connectivity index (χ0v) is 21.3. The smallest absolute Gasteiger partial charge is 0.291 e. The number of nitrogens with one attached hydrogen (secondary N) is 1. The monoisotopic (exact) mass is 517 g/mol. The number of halogens is 2. The molecule has 11 heteroatoms. The Morgan fingerprint density at radius 3 is 2.68 bits per heavy atom. The van der Waals surface area contributed by atoms with Crippen molar-refractivity contribution in [2.75, 3.05) is 6.54 Å². The molecule has 200 valence electrons. The summed E-state index contributed by atoms with van der Waals surface area (Å²) in [5.41, 5.74) is 0.0350. The van der Waals surface area contributed by atoms with E-state index in [9.17, 15) is 28.3 Å². The summed E-state index contributed by atoms with van der Waals surface area (Å²) in [6.07, 6.45) is 5.03. The molecule has 5 rings (SSSR count). The van der Waals surface area contributed by atoms with Crippen LogP contribution < -0.4 is 10.9 Å². The summed E-state index contributed by atoms with van der Waals surface area (Å²) < 4.78 is 30.8. The number of aromatic hydroxyl groups is 1. The van der Waals surface area contributed by atoms with Crippen LogP contribution in [-0.4, -0.2) is 60.6 Å². The molecule has 2 unspecified atom stereocenters. The van der Waals surface area contributed by atoms with E-state index in [1.165, 1.54) is 21.6 Å². The Hall–Kier alpha value is -3.24. The van der Waals surface area contributed by atoms with Gasteiger partial charge in [-0.15, -0.1) is 0 Å². The number of aromatic nitrogens is 3. The maximum atomic E-state index is 14.1. The average molecular weight is 518 g/mol. The molecule has 2 aromatic rings. The quantitative estimate of drug-likeness (QED) is 0.573. The lowest BCUT2D eigenvalue weighted by atomic mass is 10.0. The molecule has 2 atom stereocenters. The zero-order valence-electron chi connectivity index (χ0n) is 21.3. The summed E-state index contributed by atoms with van der Waals surface area (Å²) in [6, 6.07) is -0.501. The molecule has 2 aliphatic carbocycles. The number of aryl methyl sites for hydroxylation is 1. The third kappa shape index (κ3) is 4.87. The van der Waals surface area contributed by atoms with Crippen molar-refractivity contribution >= 4 is 23.5 Å². The van der Waals surface area contributed by atoms with Gasteiger partial charge in [-0.3, -0.25) is 19.0 Å². The molecule has 0 aromatic carbocycles. The van der Waals surface area contributed by atoms with Gasteiger partial charge in [0.15, 0.2) is 5.56 Å². The lowest BCUT2D eigenvalue weighted by Crippen LogP contribution is -2.39. The highest BCUT2D eigenvalue weighted by Gasteiger charge is 2.45. The second-order valence-electron chi connectivity index (χ2n) is 11.2. The highest BCUT2D eigenvalue weighted by Crippen LogP contribution is 2.41. The van der Waals surface area contributed by atoms with E-state index in [0.29, 0.717) is 37.2 Å². The normalized spacial score (nSPS) is 23.2. The predicted octanol–water partition coefficient (Wildman–Crippen LogP) is 3.11. The molecule has 9 nitrogen and oxygen atoms in total. The topological polar surface area (TPSA) is 109 Å². The largest absolute Gasteiger partial charge is 0.494 e. The van der Waals surface area contributed by atoms with Gasteiger partial charge in [0.25, 0.3) is 11.5 Å². The fourth-order valence-electron chi connectivity index (χ4n) is 5.58. The lowest BCUT2D eigenvalue weighted by molar-refractivity contribution is -0.129. The van der Waals surface area contributed by atoms with Gasteiger partial charge >= 0.3 is 0 Å². The molecule has 2 bridgehead atoms. The van der Waals surface area contributed by atoms with Gasteiger partial charge in [-0.2, -0.15) is 9.61 Å². The van der Waals surface area contributed by atoms with Crippen LogP contribution in [-0.2, 0) is 11.3 Å². The third-order valence-electron chi connectivity index (χ3n) is 7.54. The Morgan fingerprint density at radius 1 is 1.27 bits per heavy atom. The van der Waals surface area contributed by atoms with Gasteiger partial charge in [-0.05, 0) is 50.5 Å². The van der Waals surface area contributed by atoms with Crippen molar-refractivity contribution in [2.45, 2.75) is 83.8 Å². The maximum Gasteiger partial charge on any atom is 0.291 e. The highest BCUT2D eigenvalue weighted by atomic mass is 19.3. The van der Waals surface area contributed by atoms with Crippen molar-refractivity contribution in [1.82, 2.24) is 24.4 Å². The van der Waals surface area contributed by atoms with Gasteiger partial charge in [-0.1, -0.05) is 13.8 Å². The first-order valence-electron chi connectivity index (χ1n) is 13.0. The molecule has 1 saturated heterocycles. The number of hydrogen-bond acceptors (Lipinski definition) is 5. The highest BCUT2D eigenvalue weighted by molar-refractivity contribution is 5.97.